The standard InChI is InChI=1S/C11H8Cl2FN3/c1-6-10(13)15-5-16-11(6)17-7-2-3-9(14)8(12)4-7/h2-5H,1H3,(H,15,16,17). The van der Waals surface area contributed by atoms with Crippen molar-refractivity contribution in [3.05, 3.63) is 46.1 Å². The predicted molar refractivity (Wildman–Crippen MR) is 66.5 cm³/mol. The highest BCUT2D eigenvalue weighted by atomic mass is 35.5. The first kappa shape index (κ1) is 12.1. The molecule has 2 rings (SSSR count). The van der Waals surface area contributed by atoms with Crippen LogP contribution < -0.4 is 5.32 Å². The minimum Gasteiger partial charge on any atom is -0.340 e. The van der Waals surface area contributed by atoms with Crippen LogP contribution >= 0.6 is 23.2 Å². The SMILES string of the molecule is Cc1c(Cl)ncnc1Nc1ccc(F)c(Cl)c1. The van der Waals surface area contributed by atoms with E-state index in [2.05, 4.69) is 15.3 Å². The number of nitrogens with one attached hydrogen (secondary N) is 1. The van der Waals surface area contributed by atoms with Gasteiger partial charge in [-0.2, -0.15) is 0 Å². The Balaban J connectivity index is 2.31. The Morgan fingerprint density at radius 2 is 2.00 bits per heavy atom. The number of anilines is 2. The Morgan fingerprint density at radius 3 is 2.71 bits per heavy atom. The molecule has 17 heavy (non-hydrogen) atoms. The van der Waals surface area contributed by atoms with Crippen molar-refractivity contribution in [3.8, 4) is 0 Å². The zero-order chi connectivity index (χ0) is 12.4. The molecule has 0 saturated heterocycles. The molecule has 1 heterocycles. The highest BCUT2D eigenvalue weighted by Crippen LogP contribution is 2.25. The normalized spacial score (nSPS) is 10.4. The maximum absolute atomic E-state index is 13.0. The molecule has 1 aromatic carbocycles. The first-order valence-corrected chi connectivity index (χ1v) is 5.52. The van der Waals surface area contributed by atoms with E-state index in [9.17, 15) is 4.39 Å². The van der Waals surface area contributed by atoms with Crippen LogP contribution in [0.25, 0.3) is 0 Å². The van der Waals surface area contributed by atoms with Crippen LogP contribution in [0.5, 0.6) is 0 Å². The monoisotopic (exact) mass is 271 g/mol. The van der Waals surface area contributed by atoms with E-state index in [1.54, 1.807) is 13.0 Å². The van der Waals surface area contributed by atoms with Crippen molar-refractivity contribution in [1.29, 1.82) is 0 Å². The van der Waals surface area contributed by atoms with E-state index in [0.29, 0.717) is 16.7 Å². The van der Waals surface area contributed by atoms with E-state index in [4.69, 9.17) is 23.2 Å². The van der Waals surface area contributed by atoms with E-state index < -0.39 is 5.82 Å². The second-order valence-electron chi connectivity index (χ2n) is 3.39. The van der Waals surface area contributed by atoms with Gasteiger partial charge in [0.2, 0.25) is 0 Å². The van der Waals surface area contributed by atoms with Crippen LogP contribution in [-0.2, 0) is 0 Å². The summed E-state index contributed by atoms with van der Waals surface area (Å²) in [5, 5.41) is 3.41. The summed E-state index contributed by atoms with van der Waals surface area (Å²) >= 11 is 11.5. The lowest BCUT2D eigenvalue weighted by Gasteiger charge is -2.09. The second-order valence-corrected chi connectivity index (χ2v) is 4.16. The minimum absolute atomic E-state index is 0.0489. The Labute approximate surface area is 108 Å². The molecule has 6 heteroatoms. The molecule has 2 aromatic rings. The lowest BCUT2D eigenvalue weighted by molar-refractivity contribution is 0.628. The van der Waals surface area contributed by atoms with Gasteiger partial charge in [-0.05, 0) is 25.1 Å². The van der Waals surface area contributed by atoms with Gasteiger partial charge in [-0.15, -0.1) is 0 Å². The largest absolute Gasteiger partial charge is 0.340 e. The summed E-state index contributed by atoms with van der Waals surface area (Å²) in [5.74, 6) is 0.0994. The molecule has 3 nitrogen and oxygen atoms in total. The predicted octanol–water partition coefficient (Wildman–Crippen LogP) is 3.97. The highest BCUT2D eigenvalue weighted by molar-refractivity contribution is 6.31. The molecule has 0 aliphatic heterocycles. The molecule has 1 N–H and O–H groups in total. The van der Waals surface area contributed by atoms with Gasteiger partial charge in [-0.25, -0.2) is 14.4 Å². The Morgan fingerprint density at radius 1 is 1.24 bits per heavy atom. The second kappa shape index (κ2) is 4.85. The summed E-state index contributed by atoms with van der Waals surface area (Å²) in [6.07, 6.45) is 1.35. The van der Waals surface area contributed by atoms with E-state index in [1.807, 2.05) is 0 Å². The van der Waals surface area contributed by atoms with Crippen LogP contribution in [0.1, 0.15) is 5.56 Å². The summed E-state index contributed by atoms with van der Waals surface area (Å²) in [6.45, 7) is 1.79. The van der Waals surface area contributed by atoms with Gasteiger partial charge in [0.15, 0.2) is 0 Å². The van der Waals surface area contributed by atoms with Gasteiger partial charge >= 0.3 is 0 Å². The molecule has 0 unspecified atom stereocenters. The number of rotatable bonds is 2. The lowest BCUT2D eigenvalue weighted by atomic mass is 10.3. The Bertz CT molecular complexity index is 560. The van der Waals surface area contributed by atoms with Crippen molar-refractivity contribution in [2.75, 3.05) is 5.32 Å². The van der Waals surface area contributed by atoms with Crippen LogP contribution in [0.2, 0.25) is 10.2 Å². The Hall–Kier alpha value is -1.39. The maximum atomic E-state index is 13.0. The van der Waals surface area contributed by atoms with Crippen molar-refractivity contribution in [3.63, 3.8) is 0 Å². The third-order valence-electron chi connectivity index (χ3n) is 2.20. The van der Waals surface area contributed by atoms with Crippen molar-refractivity contribution in [1.82, 2.24) is 9.97 Å². The zero-order valence-electron chi connectivity index (χ0n) is 8.84. The fourth-order valence-electron chi connectivity index (χ4n) is 1.27. The van der Waals surface area contributed by atoms with Gasteiger partial charge in [0, 0.05) is 11.3 Å². The van der Waals surface area contributed by atoms with Crippen LogP contribution in [-0.4, -0.2) is 9.97 Å². The average molecular weight is 272 g/mol. The molecule has 0 atom stereocenters. The highest BCUT2D eigenvalue weighted by Gasteiger charge is 2.06. The summed E-state index contributed by atoms with van der Waals surface area (Å²) in [5.41, 5.74) is 1.35. The van der Waals surface area contributed by atoms with E-state index in [-0.39, 0.29) is 5.02 Å². The fourth-order valence-corrected chi connectivity index (χ4v) is 1.58. The summed E-state index contributed by atoms with van der Waals surface area (Å²) < 4.78 is 13.0. The van der Waals surface area contributed by atoms with E-state index >= 15 is 0 Å². The van der Waals surface area contributed by atoms with Gasteiger partial charge < -0.3 is 5.32 Å². The molecule has 0 amide bonds. The van der Waals surface area contributed by atoms with Crippen LogP contribution in [0.15, 0.2) is 24.5 Å². The van der Waals surface area contributed by atoms with Crippen molar-refractivity contribution >= 4 is 34.7 Å². The zero-order valence-corrected chi connectivity index (χ0v) is 10.3. The summed E-state index contributed by atoms with van der Waals surface area (Å²) in [6, 6.07) is 4.33. The lowest BCUT2D eigenvalue weighted by Crippen LogP contribution is -1.98. The maximum Gasteiger partial charge on any atom is 0.141 e. The van der Waals surface area contributed by atoms with Gasteiger partial charge in [0.25, 0.3) is 0 Å². The first-order chi connectivity index (χ1) is 8.08. The molecular weight excluding hydrogens is 264 g/mol. The van der Waals surface area contributed by atoms with Gasteiger partial charge in [0.1, 0.15) is 23.1 Å². The molecule has 0 aliphatic carbocycles. The molecule has 1 aromatic heterocycles. The van der Waals surface area contributed by atoms with Crippen LogP contribution in [0.4, 0.5) is 15.9 Å². The van der Waals surface area contributed by atoms with Gasteiger partial charge in [-0.1, -0.05) is 23.2 Å². The molecular formula is C11H8Cl2FN3. The number of nitrogens with zero attached hydrogens (tertiary/aromatic N) is 2. The molecule has 0 fully saturated rings. The topological polar surface area (TPSA) is 37.8 Å². The van der Waals surface area contributed by atoms with Crippen LogP contribution in [0, 0.1) is 12.7 Å². The van der Waals surface area contributed by atoms with E-state index in [0.717, 1.165) is 5.56 Å². The Kier molecular flexibility index (Phi) is 3.45. The fraction of sp³-hybridized carbons (Fsp3) is 0.0909. The van der Waals surface area contributed by atoms with Gasteiger partial charge in [0.05, 0.1) is 5.02 Å². The number of aromatic nitrogens is 2. The summed E-state index contributed by atoms with van der Waals surface area (Å²) in [7, 11) is 0. The molecule has 0 radical (unpaired) electrons. The average Bonchev–Trinajstić information content (AvgIpc) is 2.30. The van der Waals surface area contributed by atoms with Crippen LogP contribution in [0.3, 0.4) is 0 Å². The first-order valence-electron chi connectivity index (χ1n) is 4.77. The molecule has 0 saturated carbocycles. The molecule has 0 bridgehead atoms. The third-order valence-corrected chi connectivity index (χ3v) is 2.88. The smallest absolute Gasteiger partial charge is 0.141 e. The number of halogens is 3. The van der Waals surface area contributed by atoms with Gasteiger partial charge in [-0.3, -0.25) is 0 Å². The molecule has 0 spiro atoms. The summed E-state index contributed by atoms with van der Waals surface area (Å²) in [4.78, 5) is 7.88. The van der Waals surface area contributed by atoms with Crippen molar-refractivity contribution in [2.45, 2.75) is 6.92 Å². The number of benzene rings is 1. The van der Waals surface area contributed by atoms with Crippen molar-refractivity contribution < 1.29 is 4.39 Å². The molecule has 0 aliphatic rings. The van der Waals surface area contributed by atoms with Crippen molar-refractivity contribution in [2.24, 2.45) is 0 Å². The third kappa shape index (κ3) is 2.65. The minimum atomic E-state index is -0.463. The number of hydrogen-bond donors (Lipinski definition) is 1. The molecule has 88 valence electrons. The quantitative estimate of drug-likeness (QED) is 0.840. The van der Waals surface area contributed by atoms with E-state index in [1.165, 1.54) is 18.5 Å². The number of hydrogen-bond acceptors (Lipinski definition) is 3.